The highest BCUT2D eigenvalue weighted by Gasteiger charge is 2.16. The fourth-order valence-corrected chi connectivity index (χ4v) is 1.70. The topological polar surface area (TPSA) is 72.4 Å². The largest absolute Gasteiger partial charge is 0.294 e. The summed E-state index contributed by atoms with van der Waals surface area (Å²) in [6.45, 7) is 1.73. The van der Waals surface area contributed by atoms with Crippen molar-refractivity contribution in [2.75, 3.05) is 0 Å². The molecule has 2 rings (SSSR count). The standard InChI is InChI=1S/C9H9ClN4O/c1-5-7(9(15)13-11)14-4-2-3-6(10)8(14)12-5/h2-4H,11H2,1H3,(H,13,15). The molecular weight excluding hydrogens is 216 g/mol. The number of carbonyl (C=O) groups is 1. The van der Waals surface area contributed by atoms with Gasteiger partial charge in [0.1, 0.15) is 5.69 Å². The summed E-state index contributed by atoms with van der Waals surface area (Å²) in [6, 6.07) is 3.46. The summed E-state index contributed by atoms with van der Waals surface area (Å²) in [5, 5.41) is 0.497. The second-order valence-corrected chi connectivity index (χ2v) is 3.48. The number of hydrazine groups is 1. The second kappa shape index (κ2) is 3.52. The van der Waals surface area contributed by atoms with Gasteiger partial charge in [-0.3, -0.25) is 14.6 Å². The van der Waals surface area contributed by atoms with Crippen molar-refractivity contribution < 1.29 is 4.79 Å². The number of nitrogens with zero attached hydrogens (tertiary/aromatic N) is 2. The molecule has 15 heavy (non-hydrogen) atoms. The highest BCUT2D eigenvalue weighted by Crippen LogP contribution is 2.19. The van der Waals surface area contributed by atoms with Gasteiger partial charge in [-0.2, -0.15) is 0 Å². The Kier molecular flexibility index (Phi) is 2.34. The average Bonchev–Trinajstić information content (AvgIpc) is 2.55. The molecule has 2 aromatic heterocycles. The van der Waals surface area contributed by atoms with Gasteiger partial charge in [0.05, 0.1) is 10.7 Å². The van der Waals surface area contributed by atoms with Gasteiger partial charge in [-0.25, -0.2) is 10.8 Å². The van der Waals surface area contributed by atoms with Crippen LogP contribution in [0.2, 0.25) is 5.02 Å². The van der Waals surface area contributed by atoms with Crippen LogP contribution in [0.5, 0.6) is 0 Å². The molecule has 0 saturated heterocycles. The van der Waals surface area contributed by atoms with Crippen LogP contribution in [0.3, 0.4) is 0 Å². The third-order valence-electron chi connectivity index (χ3n) is 2.12. The van der Waals surface area contributed by atoms with Crippen molar-refractivity contribution in [1.29, 1.82) is 0 Å². The normalized spacial score (nSPS) is 10.6. The molecule has 0 aliphatic heterocycles. The number of carbonyl (C=O) groups excluding carboxylic acids is 1. The molecule has 2 heterocycles. The van der Waals surface area contributed by atoms with Gasteiger partial charge < -0.3 is 0 Å². The average molecular weight is 225 g/mol. The minimum atomic E-state index is -0.387. The van der Waals surface area contributed by atoms with Crippen molar-refractivity contribution in [3.05, 3.63) is 34.7 Å². The van der Waals surface area contributed by atoms with Gasteiger partial charge in [0.25, 0.3) is 5.91 Å². The number of aryl methyl sites for hydroxylation is 1. The Bertz CT molecular complexity index is 534. The second-order valence-electron chi connectivity index (χ2n) is 3.07. The third-order valence-corrected chi connectivity index (χ3v) is 2.42. The van der Waals surface area contributed by atoms with Crippen LogP contribution in [0, 0.1) is 6.92 Å². The SMILES string of the molecule is Cc1nc2c(Cl)cccn2c1C(=O)NN. The van der Waals surface area contributed by atoms with E-state index in [0.717, 1.165) is 0 Å². The minimum absolute atomic E-state index is 0.387. The summed E-state index contributed by atoms with van der Waals surface area (Å²) in [4.78, 5) is 15.7. The Morgan fingerprint density at radius 3 is 3.07 bits per heavy atom. The molecular formula is C9H9ClN4O. The highest BCUT2D eigenvalue weighted by molar-refractivity contribution is 6.33. The Labute approximate surface area is 90.8 Å². The summed E-state index contributed by atoms with van der Waals surface area (Å²) >= 11 is 5.94. The first-order valence-corrected chi connectivity index (χ1v) is 4.67. The van der Waals surface area contributed by atoms with Crippen LogP contribution in [-0.2, 0) is 0 Å². The minimum Gasteiger partial charge on any atom is -0.294 e. The molecule has 0 atom stereocenters. The summed E-state index contributed by atoms with van der Waals surface area (Å²) in [6.07, 6.45) is 1.71. The summed E-state index contributed by atoms with van der Waals surface area (Å²) < 4.78 is 1.61. The predicted octanol–water partition coefficient (Wildman–Crippen LogP) is 0.900. The Balaban J connectivity index is 2.79. The van der Waals surface area contributed by atoms with Crippen LogP contribution in [-0.4, -0.2) is 15.3 Å². The van der Waals surface area contributed by atoms with E-state index in [1.807, 2.05) is 0 Å². The molecule has 0 fully saturated rings. The zero-order valence-electron chi connectivity index (χ0n) is 7.99. The molecule has 78 valence electrons. The Morgan fingerprint density at radius 1 is 1.67 bits per heavy atom. The van der Waals surface area contributed by atoms with Crippen molar-refractivity contribution in [3.63, 3.8) is 0 Å². The molecule has 0 bridgehead atoms. The smallest absolute Gasteiger partial charge is 0.284 e. The summed E-state index contributed by atoms with van der Waals surface area (Å²) in [5.41, 5.74) is 3.62. The van der Waals surface area contributed by atoms with E-state index in [1.54, 1.807) is 29.7 Å². The summed E-state index contributed by atoms with van der Waals surface area (Å²) in [7, 11) is 0. The van der Waals surface area contributed by atoms with Gasteiger partial charge in [0, 0.05) is 6.20 Å². The molecule has 5 nitrogen and oxygen atoms in total. The molecule has 0 spiro atoms. The zero-order valence-corrected chi connectivity index (χ0v) is 8.75. The maximum absolute atomic E-state index is 11.5. The van der Waals surface area contributed by atoms with Gasteiger partial charge in [-0.05, 0) is 19.1 Å². The van der Waals surface area contributed by atoms with E-state index in [0.29, 0.717) is 22.1 Å². The van der Waals surface area contributed by atoms with Crippen LogP contribution in [0.15, 0.2) is 18.3 Å². The van der Waals surface area contributed by atoms with E-state index in [4.69, 9.17) is 17.4 Å². The number of fused-ring (bicyclic) bond motifs is 1. The van der Waals surface area contributed by atoms with Crippen LogP contribution in [0.4, 0.5) is 0 Å². The van der Waals surface area contributed by atoms with E-state index in [-0.39, 0.29) is 5.91 Å². The van der Waals surface area contributed by atoms with Crippen molar-refractivity contribution >= 4 is 23.2 Å². The first kappa shape index (κ1) is 9.95. The van der Waals surface area contributed by atoms with Gasteiger partial charge in [-0.15, -0.1) is 0 Å². The quantitative estimate of drug-likeness (QED) is 0.430. The number of hydrogen-bond donors (Lipinski definition) is 2. The lowest BCUT2D eigenvalue weighted by Crippen LogP contribution is -2.31. The lowest BCUT2D eigenvalue weighted by molar-refractivity contribution is 0.0947. The van der Waals surface area contributed by atoms with Gasteiger partial charge >= 0.3 is 0 Å². The summed E-state index contributed by atoms with van der Waals surface area (Å²) in [5.74, 6) is 4.70. The van der Waals surface area contributed by atoms with Crippen molar-refractivity contribution in [3.8, 4) is 0 Å². The molecule has 2 aromatic rings. The monoisotopic (exact) mass is 224 g/mol. The number of aromatic nitrogens is 2. The molecule has 0 aromatic carbocycles. The van der Waals surface area contributed by atoms with Crippen molar-refractivity contribution in [2.24, 2.45) is 5.84 Å². The number of nitrogens with one attached hydrogen (secondary N) is 1. The maximum Gasteiger partial charge on any atom is 0.284 e. The lowest BCUT2D eigenvalue weighted by Gasteiger charge is -2.00. The molecule has 0 aliphatic carbocycles. The van der Waals surface area contributed by atoms with E-state index in [9.17, 15) is 4.79 Å². The molecule has 1 amide bonds. The fourth-order valence-electron chi connectivity index (χ4n) is 1.49. The molecule has 0 saturated carbocycles. The van der Waals surface area contributed by atoms with Crippen LogP contribution in [0.1, 0.15) is 16.2 Å². The first-order valence-electron chi connectivity index (χ1n) is 4.29. The van der Waals surface area contributed by atoms with Gasteiger partial charge in [0.2, 0.25) is 0 Å². The molecule has 3 N–H and O–H groups in total. The number of amides is 1. The highest BCUT2D eigenvalue weighted by atomic mass is 35.5. The Morgan fingerprint density at radius 2 is 2.40 bits per heavy atom. The molecule has 6 heteroatoms. The van der Waals surface area contributed by atoms with E-state index >= 15 is 0 Å². The Hall–Kier alpha value is -1.59. The number of nitrogens with two attached hydrogens (primary N) is 1. The molecule has 0 unspecified atom stereocenters. The van der Waals surface area contributed by atoms with Gasteiger partial charge in [-0.1, -0.05) is 11.6 Å². The number of nitrogen functional groups attached to an aromatic ring is 1. The van der Waals surface area contributed by atoms with Crippen LogP contribution >= 0.6 is 11.6 Å². The number of rotatable bonds is 1. The number of pyridine rings is 1. The third kappa shape index (κ3) is 1.45. The van der Waals surface area contributed by atoms with E-state index in [2.05, 4.69) is 10.4 Å². The number of imidazole rings is 1. The maximum atomic E-state index is 11.5. The van der Waals surface area contributed by atoms with Gasteiger partial charge in [0.15, 0.2) is 5.65 Å². The van der Waals surface area contributed by atoms with E-state index < -0.39 is 0 Å². The van der Waals surface area contributed by atoms with Crippen LogP contribution < -0.4 is 11.3 Å². The number of hydrogen-bond acceptors (Lipinski definition) is 3. The number of halogens is 1. The predicted molar refractivity (Wildman–Crippen MR) is 56.6 cm³/mol. The zero-order chi connectivity index (χ0) is 11.0. The van der Waals surface area contributed by atoms with Crippen molar-refractivity contribution in [1.82, 2.24) is 14.8 Å². The first-order chi connectivity index (χ1) is 7.15. The lowest BCUT2D eigenvalue weighted by atomic mass is 10.3. The molecule has 0 aliphatic rings. The van der Waals surface area contributed by atoms with E-state index in [1.165, 1.54) is 0 Å². The fraction of sp³-hybridized carbons (Fsp3) is 0.111. The van der Waals surface area contributed by atoms with Crippen molar-refractivity contribution in [2.45, 2.75) is 6.92 Å². The molecule has 0 radical (unpaired) electrons. The van der Waals surface area contributed by atoms with Crippen LogP contribution in [0.25, 0.3) is 5.65 Å².